The summed E-state index contributed by atoms with van der Waals surface area (Å²) in [5, 5.41) is 5.95. The van der Waals surface area contributed by atoms with E-state index in [4.69, 9.17) is 14.2 Å². The Morgan fingerprint density at radius 2 is 1.48 bits per heavy atom. The Balaban J connectivity index is 2.30. The van der Waals surface area contributed by atoms with Gasteiger partial charge >= 0.3 is 5.97 Å². The highest BCUT2D eigenvalue weighted by Gasteiger charge is 2.43. The third kappa shape index (κ3) is 12.7. The van der Waals surface area contributed by atoms with Gasteiger partial charge in [0.05, 0.1) is 49.8 Å². The van der Waals surface area contributed by atoms with Crippen LogP contribution in [0.1, 0.15) is 93.6 Å². The summed E-state index contributed by atoms with van der Waals surface area (Å²) in [5.74, 6) is -2.42. The van der Waals surface area contributed by atoms with Gasteiger partial charge < -0.3 is 34.6 Å². The number of likely N-dealkylation sites (tertiary alicyclic amines) is 1. The summed E-state index contributed by atoms with van der Waals surface area (Å²) in [6.07, 6.45) is 1.07. The van der Waals surface area contributed by atoms with Gasteiger partial charge in [0.25, 0.3) is 0 Å². The van der Waals surface area contributed by atoms with Crippen molar-refractivity contribution in [1.29, 1.82) is 0 Å². The summed E-state index contributed by atoms with van der Waals surface area (Å²) in [6, 6.07) is 6.58. The smallest absolute Gasteiger partial charge is 0.328 e. The summed E-state index contributed by atoms with van der Waals surface area (Å²) >= 11 is 0. The van der Waals surface area contributed by atoms with Crippen LogP contribution in [0.5, 0.6) is 0 Å². The lowest BCUT2D eigenvalue weighted by atomic mass is 9.89. The highest BCUT2D eigenvalue weighted by atomic mass is 16.5. The van der Waals surface area contributed by atoms with Crippen LogP contribution in [0.15, 0.2) is 30.3 Å². The lowest BCUT2D eigenvalue weighted by Gasteiger charge is -2.41. The minimum atomic E-state index is -0.891. The second kappa shape index (κ2) is 23.0. The van der Waals surface area contributed by atoms with E-state index in [9.17, 15) is 24.0 Å². The minimum absolute atomic E-state index is 0.00540. The van der Waals surface area contributed by atoms with Gasteiger partial charge in [-0.25, -0.2) is 4.79 Å². The summed E-state index contributed by atoms with van der Waals surface area (Å²) in [6.45, 7) is 18.2. The zero-order chi connectivity index (χ0) is 42.4. The van der Waals surface area contributed by atoms with E-state index in [2.05, 4.69) is 10.6 Å². The molecule has 1 aliphatic heterocycles. The Hall–Kier alpha value is -3.55. The number of ether oxygens (including phenoxy) is 3. The zero-order valence-corrected chi connectivity index (χ0v) is 36.7. The first-order valence-electron chi connectivity index (χ1n) is 20.4. The van der Waals surface area contributed by atoms with Gasteiger partial charge in [-0.3, -0.25) is 24.1 Å². The molecule has 13 nitrogen and oxygen atoms in total. The number of rotatable bonds is 22. The highest BCUT2D eigenvalue weighted by molar-refractivity contribution is 5.90. The molecule has 0 radical (unpaired) electrons. The van der Waals surface area contributed by atoms with Gasteiger partial charge in [0.15, 0.2) is 0 Å². The summed E-state index contributed by atoms with van der Waals surface area (Å²) in [7, 11) is 8.04. The fourth-order valence-corrected chi connectivity index (χ4v) is 8.05. The second-order valence-electron chi connectivity index (χ2n) is 16.5. The van der Waals surface area contributed by atoms with Crippen molar-refractivity contribution in [2.75, 3.05) is 42.0 Å². The normalized spacial score (nSPS) is 18.9. The second-order valence-corrected chi connectivity index (χ2v) is 16.5. The van der Waals surface area contributed by atoms with E-state index in [-0.39, 0.29) is 60.3 Å². The van der Waals surface area contributed by atoms with Gasteiger partial charge in [-0.15, -0.1) is 0 Å². The predicted molar refractivity (Wildman–Crippen MR) is 219 cm³/mol. The predicted octanol–water partition coefficient (Wildman–Crippen LogP) is 4.31. The van der Waals surface area contributed by atoms with Crippen LogP contribution in [0.3, 0.4) is 0 Å². The van der Waals surface area contributed by atoms with Crippen molar-refractivity contribution in [2.45, 2.75) is 143 Å². The topological polar surface area (TPSA) is 147 Å². The van der Waals surface area contributed by atoms with Crippen LogP contribution >= 0.6 is 0 Å². The molecule has 2 N–H and O–H groups in total. The highest BCUT2D eigenvalue weighted by Crippen LogP contribution is 2.30. The van der Waals surface area contributed by atoms with E-state index in [1.165, 1.54) is 14.2 Å². The molecule has 1 aromatic carbocycles. The maximum atomic E-state index is 14.4. The molecular formula is C43H73N5O8. The lowest BCUT2D eigenvalue weighted by molar-refractivity contribution is -0.149. The molecule has 0 aromatic heterocycles. The van der Waals surface area contributed by atoms with Crippen molar-refractivity contribution in [3.63, 3.8) is 0 Å². The monoisotopic (exact) mass is 788 g/mol. The molecule has 2 rings (SSSR count). The minimum Gasteiger partial charge on any atom is -0.467 e. The van der Waals surface area contributed by atoms with Crippen LogP contribution in [0.4, 0.5) is 0 Å². The summed E-state index contributed by atoms with van der Waals surface area (Å²) < 4.78 is 17.0. The van der Waals surface area contributed by atoms with Crippen molar-refractivity contribution in [2.24, 2.45) is 23.7 Å². The van der Waals surface area contributed by atoms with Crippen LogP contribution < -0.4 is 10.6 Å². The first kappa shape index (κ1) is 48.6. The molecular weight excluding hydrogens is 714 g/mol. The average molecular weight is 788 g/mol. The third-order valence-electron chi connectivity index (χ3n) is 11.7. The Bertz CT molecular complexity index is 1410. The molecule has 1 saturated heterocycles. The van der Waals surface area contributed by atoms with E-state index in [1.54, 1.807) is 30.9 Å². The fourth-order valence-electron chi connectivity index (χ4n) is 8.05. The molecule has 4 amide bonds. The van der Waals surface area contributed by atoms with Crippen molar-refractivity contribution in [3.8, 4) is 0 Å². The number of likely N-dealkylation sites (N-methyl/N-ethyl adjacent to an activating group) is 2. The Kier molecular flexibility index (Phi) is 20.0. The molecule has 1 heterocycles. The largest absolute Gasteiger partial charge is 0.467 e. The number of hydrogen-bond donors (Lipinski definition) is 2. The molecule has 1 unspecified atom stereocenters. The molecule has 0 spiro atoms. The molecule has 1 fully saturated rings. The van der Waals surface area contributed by atoms with Crippen LogP contribution in [-0.4, -0.2) is 135 Å². The SMILES string of the molecule is CC[C@H](C)[C@@H]([C@@H](CC(=O)N1CCC[C@H]1[C@H](OC)[C@@H](C)C(=O)NC(Cc1ccccc1)C(=O)OC)OC)N(C)C(=O)[C@@H](NC(=O)[C@H](C(C)C)N(C)C(C)C)C(C)C. The molecule has 0 saturated carbocycles. The van der Waals surface area contributed by atoms with Gasteiger partial charge in [0.2, 0.25) is 23.6 Å². The quantitative estimate of drug-likeness (QED) is 0.164. The number of esters is 1. The van der Waals surface area contributed by atoms with E-state index >= 15 is 0 Å². The van der Waals surface area contributed by atoms with Crippen molar-refractivity contribution >= 4 is 29.6 Å². The lowest BCUT2D eigenvalue weighted by Crippen LogP contribution is -2.60. The maximum Gasteiger partial charge on any atom is 0.328 e. The van der Waals surface area contributed by atoms with Crippen LogP contribution in [0.2, 0.25) is 0 Å². The number of benzene rings is 1. The van der Waals surface area contributed by atoms with E-state index < -0.39 is 54.3 Å². The van der Waals surface area contributed by atoms with Gasteiger partial charge in [0, 0.05) is 40.3 Å². The number of amides is 4. The molecule has 56 heavy (non-hydrogen) atoms. The summed E-state index contributed by atoms with van der Waals surface area (Å²) in [5.41, 5.74) is 0.876. The fraction of sp³-hybridized carbons (Fsp3) is 0.744. The molecule has 1 aromatic rings. The Morgan fingerprint density at radius 1 is 0.857 bits per heavy atom. The molecule has 9 atom stereocenters. The first-order chi connectivity index (χ1) is 26.4. The van der Waals surface area contributed by atoms with Gasteiger partial charge in [-0.2, -0.15) is 0 Å². The Morgan fingerprint density at radius 3 is 1.98 bits per heavy atom. The van der Waals surface area contributed by atoms with Crippen LogP contribution in [0, 0.1) is 23.7 Å². The number of carbonyl (C=O) groups is 5. The van der Waals surface area contributed by atoms with E-state index in [1.807, 2.05) is 97.7 Å². The molecule has 0 aliphatic carbocycles. The third-order valence-corrected chi connectivity index (χ3v) is 11.7. The number of methoxy groups -OCH3 is 3. The maximum absolute atomic E-state index is 14.4. The molecule has 318 valence electrons. The van der Waals surface area contributed by atoms with Crippen LogP contribution in [0.25, 0.3) is 0 Å². The molecule has 13 heteroatoms. The Labute approximate surface area is 336 Å². The molecule has 0 bridgehead atoms. The van der Waals surface area contributed by atoms with E-state index in [0.29, 0.717) is 13.0 Å². The van der Waals surface area contributed by atoms with Crippen molar-refractivity contribution in [1.82, 2.24) is 25.3 Å². The number of carbonyl (C=O) groups excluding carboxylic acids is 5. The van der Waals surface area contributed by atoms with Crippen molar-refractivity contribution in [3.05, 3.63) is 35.9 Å². The molecule has 1 aliphatic rings. The number of nitrogens with zero attached hydrogens (tertiary/aromatic N) is 3. The first-order valence-corrected chi connectivity index (χ1v) is 20.4. The number of nitrogens with one attached hydrogen (secondary N) is 2. The van der Waals surface area contributed by atoms with Crippen LogP contribution in [-0.2, 0) is 44.6 Å². The zero-order valence-electron chi connectivity index (χ0n) is 36.7. The standard InChI is InChI=1S/C43H73N5O8/c1-15-29(8)38(47(11)42(52)36(26(2)3)45-41(51)37(27(4)5)46(10)28(6)7)34(54-12)25-35(49)48-23-19-22-33(48)39(55-13)30(9)40(50)44-32(43(53)56-14)24-31-20-17-16-18-21-31/h16-18,20-21,26-30,32-34,36-39H,15,19,22-25H2,1-14H3,(H,44,50)(H,45,51)/t29-,30+,32?,33-,34+,36-,37-,38-,39+/m0/s1. The van der Waals surface area contributed by atoms with Crippen molar-refractivity contribution < 1.29 is 38.2 Å². The van der Waals surface area contributed by atoms with Gasteiger partial charge in [0.1, 0.15) is 12.1 Å². The number of hydrogen-bond acceptors (Lipinski definition) is 9. The van der Waals surface area contributed by atoms with Gasteiger partial charge in [-0.1, -0.05) is 85.2 Å². The summed E-state index contributed by atoms with van der Waals surface area (Å²) in [4.78, 5) is 74.2. The average Bonchev–Trinajstić information content (AvgIpc) is 3.65. The van der Waals surface area contributed by atoms with E-state index in [0.717, 1.165) is 18.4 Å². The van der Waals surface area contributed by atoms with Gasteiger partial charge in [-0.05, 0) is 57.1 Å².